The van der Waals surface area contributed by atoms with Crippen molar-refractivity contribution >= 4 is 0 Å². The van der Waals surface area contributed by atoms with Crippen LogP contribution in [0.1, 0.15) is 40.5 Å². The third kappa shape index (κ3) is 7.48. The van der Waals surface area contributed by atoms with Crippen LogP contribution in [0.2, 0.25) is 0 Å². The van der Waals surface area contributed by atoms with Gasteiger partial charge in [0.15, 0.2) is 0 Å². The highest BCUT2D eigenvalue weighted by Gasteiger charge is 2.40. The van der Waals surface area contributed by atoms with Crippen molar-refractivity contribution in [1.82, 2.24) is 9.80 Å². The molecule has 0 fully saturated rings. The molecule has 23 heavy (non-hydrogen) atoms. The minimum Gasteiger partial charge on any atom is -0.392 e. The Morgan fingerprint density at radius 2 is 1.35 bits per heavy atom. The van der Waals surface area contributed by atoms with Gasteiger partial charge in [0.2, 0.25) is 0 Å². The summed E-state index contributed by atoms with van der Waals surface area (Å²) < 4.78 is 0.683. The molecule has 0 spiro atoms. The molecule has 0 saturated carbocycles. The van der Waals surface area contributed by atoms with Gasteiger partial charge in [-0.25, -0.2) is 0 Å². The molecular formula is C18H42N3O2+. The minimum atomic E-state index is -0.368. The lowest BCUT2D eigenvalue weighted by molar-refractivity contribution is -0.941. The van der Waals surface area contributed by atoms with Gasteiger partial charge in [-0.05, 0) is 62.3 Å². The van der Waals surface area contributed by atoms with Crippen LogP contribution in [0.25, 0.3) is 0 Å². The molecule has 0 aromatic heterocycles. The maximum absolute atomic E-state index is 10.6. The van der Waals surface area contributed by atoms with Gasteiger partial charge in [0, 0.05) is 18.5 Å². The summed E-state index contributed by atoms with van der Waals surface area (Å²) in [4.78, 5) is 4.16. The van der Waals surface area contributed by atoms with E-state index in [-0.39, 0.29) is 23.3 Å². The van der Waals surface area contributed by atoms with Crippen molar-refractivity contribution < 1.29 is 14.7 Å². The van der Waals surface area contributed by atoms with E-state index >= 15 is 0 Å². The summed E-state index contributed by atoms with van der Waals surface area (Å²) in [6.07, 6.45) is 0.723. The van der Waals surface area contributed by atoms with Crippen LogP contribution in [0, 0.1) is 0 Å². The van der Waals surface area contributed by atoms with Crippen molar-refractivity contribution in [1.29, 1.82) is 0 Å². The van der Waals surface area contributed by atoms with Crippen LogP contribution in [0.5, 0.6) is 0 Å². The normalized spacial score (nSPS) is 17.0. The largest absolute Gasteiger partial charge is 0.392 e. The number of aliphatic hydroxyl groups is 2. The zero-order chi connectivity index (χ0) is 18.6. The van der Waals surface area contributed by atoms with E-state index in [1.807, 2.05) is 33.1 Å². The zero-order valence-electron chi connectivity index (χ0n) is 17.2. The second-order valence-corrected chi connectivity index (χ2v) is 9.37. The van der Waals surface area contributed by atoms with E-state index in [0.717, 1.165) is 6.42 Å². The lowest BCUT2D eigenvalue weighted by Gasteiger charge is -2.47. The molecule has 5 nitrogen and oxygen atoms in total. The Kier molecular flexibility index (Phi) is 8.18. The molecule has 0 aliphatic carbocycles. The average Bonchev–Trinajstić information content (AvgIpc) is 2.23. The first-order valence-electron chi connectivity index (χ1n) is 8.62. The van der Waals surface area contributed by atoms with E-state index in [4.69, 9.17) is 0 Å². The van der Waals surface area contributed by atoms with Gasteiger partial charge in [-0.15, -0.1) is 0 Å². The first kappa shape index (κ1) is 22.8. The van der Waals surface area contributed by atoms with E-state index in [0.29, 0.717) is 24.0 Å². The van der Waals surface area contributed by atoms with Crippen molar-refractivity contribution in [3.05, 3.63) is 0 Å². The second kappa shape index (κ2) is 8.26. The third-order valence-corrected chi connectivity index (χ3v) is 5.56. The first-order chi connectivity index (χ1) is 10.1. The number of nitrogens with zero attached hydrogens (tertiary/aromatic N) is 3. The molecule has 0 aliphatic heterocycles. The van der Waals surface area contributed by atoms with Crippen LogP contribution >= 0.6 is 0 Å². The smallest absolute Gasteiger partial charge is 0.105 e. The van der Waals surface area contributed by atoms with Crippen LogP contribution in [-0.4, -0.2) is 103 Å². The standard InChI is InChI=1S/C18H42N3O2/c1-17(2,20(7)8)11-16(23)14-21(9,10)18(3,4)12-15(22)13-19(5)6/h15-16,22-23H,11-14H2,1-10H3/q+1. The van der Waals surface area contributed by atoms with E-state index in [2.05, 4.69) is 46.7 Å². The summed E-state index contributed by atoms with van der Waals surface area (Å²) in [5.74, 6) is 0. The lowest BCUT2D eigenvalue weighted by Crippen LogP contribution is -2.61. The molecule has 0 bridgehead atoms. The summed E-state index contributed by atoms with van der Waals surface area (Å²) in [6.45, 7) is 10.0. The summed E-state index contributed by atoms with van der Waals surface area (Å²) in [7, 11) is 12.3. The molecule has 0 aromatic rings. The van der Waals surface area contributed by atoms with Gasteiger partial charge in [0.1, 0.15) is 12.6 Å². The van der Waals surface area contributed by atoms with Gasteiger partial charge in [-0.1, -0.05) is 0 Å². The highest BCUT2D eigenvalue weighted by atomic mass is 16.3. The minimum absolute atomic E-state index is 0.0337. The Morgan fingerprint density at radius 3 is 1.74 bits per heavy atom. The van der Waals surface area contributed by atoms with Gasteiger partial charge in [-0.2, -0.15) is 0 Å². The fraction of sp³-hybridized carbons (Fsp3) is 1.00. The Labute approximate surface area is 144 Å². The predicted molar refractivity (Wildman–Crippen MR) is 98.6 cm³/mol. The van der Waals surface area contributed by atoms with Gasteiger partial charge in [0.05, 0.1) is 25.7 Å². The summed E-state index contributed by atoms with van der Waals surface area (Å²) >= 11 is 0. The number of hydrogen-bond acceptors (Lipinski definition) is 4. The number of hydrogen-bond donors (Lipinski definition) is 2. The van der Waals surface area contributed by atoms with Crippen LogP contribution in [-0.2, 0) is 0 Å². The topological polar surface area (TPSA) is 46.9 Å². The molecule has 0 aliphatic rings. The number of likely N-dealkylation sites (N-methyl/N-ethyl adjacent to an activating group) is 2. The van der Waals surface area contributed by atoms with E-state index < -0.39 is 0 Å². The molecule has 0 amide bonds. The van der Waals surface area contributed by atoms with Gasteiger partial charge < -0.3 is 24.5 Å². The van der Waals surface area contributed by atoms with Gasteiger partial charge in [-0.3, -0.25) is 0 Å². The molecule has 0 radical (unpaired) electrons. The quantitative estimate of drug-likeness (QED) is 0.591. The van der Waals surface area contributed by atoms with Crippen LogP contribution < -0.4 is 0 Å². The van der Waals surface area contributed by atoms with Crippen molar-refractivity contribution in [3.63, 3.8) is 0 Å². The average molecular weight is 333 g/mol. The van der Waals surface area contributed by atoms with Gasteiger partial charge in [0.25, 0.3) is 0 Å². The first-order valence-corrected chi connectivity index (χ1v) is 8.62. The summed E-state index contributed by atoms with van der Waals surface area (Å²) in [6, 6.07) is 0. The van der Waals surface area contributed by atoms with Crippen molar-refractivity contribution in [2.24, 2.45) is 0 Å². The molecule has 140 valence electrons. The zero-order valence-corrected chi connectivity index (χ0v) is 17.2. The fourth-order valence-electron chi connectivity index (χ4n) is 2.91. The molecule has 5 heteroatoms. The SMILES string of the molecule is CN(C)CC(O)CC(C)(C)[N+](C)(C)CC(O)CC(C)(C)N(C)C. The number of aliphatic hydroxyl groups excluding tert-OH is 2. The second-order valence-electron chi connectivity index (χ2n) is 9.37. The fourth-order valence-corrected chi connectivity index (χ4v) is 2.91. The number of quaternary nitrogens is 1. The van der Waals surface area contributed by atoms with Crippen LogP contribution in [0.3, 0.4) is 0 Å². The monoisotopic (exact) mass is 332 g/mol. The summed E-state index contributed by atoms with van der Waals surface area (Å²) in [5, 5.41) is 20.9. The third-order valence-electron chi connectivity index (χ3n) is 5.56. The molecule has 0 rings (SSSR count). The lowest BCUT2D eigenvalue weighted by atomic mass is 9.89. The number of rotatable bonds is 10. The van der Waals surface area contributed by atoms with E-state index in [1.165, 1.54) is 0 Å². The molecule has 2 atom stereocenters. The molecule has 0 aromatic carbocycles. The van der Waals surface area contributed by atoms with Crippen molar-refractivity contribution in [2.45, 2.75) is 63.8 Å². The van der Waals surface area contributed by atoms with E-state index in [9.17, 15) is 10.2 Å². The highest BCUT2D eigenvalue weighted by molar-refractivity contribution is 4.82. The summed E-state index contributed by atoms with van der Waals surface area (Å²) in [5.41, 5.74) is -0.146. The van der Waals surface area contributed by atoms with E-state index in [1.54, 1.807) is 0 Å². The Balaban J connectivity index is 4.82. The van der Waals surface area contributed by atoms with Crippen molar-refractivity contribution in [3.8, 4) is 0 Å². The molecular weight excluding hydrogens is 290 g/mol. The Morgan fingerprint density at radius 1 is 0.870 bits per heavy atom. The Hall–Kier alpha value is -0.200. The molecule has 2 unspecified atom stereocenters. The molecule has 2 N–H and O–H groups in total. The Bertz CT molecular complexity index is 352. The van der Waals surface area contributed by atoms with Crippen molar-refractivity contribution in [2.75, 3.05) is 55.4 Å². The maximum Gasteiger partial charge on any atom is 0.105 e. The predicted octanol–water partition coefficient (Wildman–Crippen LogP) is 1.25. The van der Waals surface area contributed by atoms with Crippen LogP contribution in [0.4, 0.5) is 0 Å². The van der Waals surface area contributed by atoms with Gasteiger partial charge >= 0.3 is 0 Å². The van der Waals surface area contributed by atoms with Crippen LogP contribution in [0.15, 0.2) is 0 Å². The molecule has 0 saturated heterocycles. The highest BCUT2D eigenvalue weighted by Crippen LogP contribution is 2.28. The maximum atomic E-state index is 10.6. The molecule has 0 heterocycles.